The lowest BCUT2D eigenvalue weighted by atomic mass is 9.83. The summed E-state index contributed by atoms with van der Waals surface area (Å²) in [4.78, 5) is 0. The van der Waals surface area contributed by atoms with Gasteiger partial charge in [-0.3, -0.25) is 0 Å². The molecule has 0 aromatic rings. The third kappa shape index (κ3) is 1.28. The number of rotatable bonds is 0. The number of hydrogen-bond acceptors (Lipinski definition) is 2. The van der Waals surface area contributed by atoms with Crippen LogP contribution >= 0.6 is 0 Å². The van der Waals surface area contributed by atoms with Gasteiger partial charge in [0.15, 0.2) is 0 Å². The first-order valence-corrected chi connectivity index (χ1v) is 5.13. The highest BCUT2D eigenvalue weighted by molar-refractivity contribution is 5.15. The van der Waals surface area contributed by atoms with Crippen LogP contribution in [0.5, 0.6) is 0 Å². The topological polar surface area (TPSA) is 29.5 Å². The van der Waals surface area contributed by atoms with Gasteiger partial charge >= 0.3 is 0 Å². The molecule has 74 valence electrons. The molecule has 1 saturated carbocycles. The van der Waals surface area contributed by atoms with Gasteiger partial charge in [-0.2, -0.15) is 0 Å². The van der Waals surface area contributed by atoms with Gasteiger partial charge in [0.1, 0.15) is 0 Å². The average molecular weight is 182 g/mol. The predicted octanol–water partition coefficient (Wildman–Crippen LogP) is 2.29. The molecule has 0 saturated heterocycles. The largest absolute Gasteiger partial charge is 0.470 e. The Bertz CT molecular complexity index is 244. The van der Waals surface area contributed by atoms with E-state index in [4.69, 9.17) is 4.74 Å². The highest BCUT2D eigenvalue weighted by Gasteiger charge is 2.43. The monoisotopic (exact) mass is 182 g/mol. The summed E-state index contributed by atoms with van der Waals surface area (Å²) >= 11 is 0. The van der Waals surface area contributed by atoms with E-state index in [0.717, 1.165) is 5.76 Å². The molecule has 1 aliphatic heterocycles. The Balaban J connectivity index is 2.30. The fourth-order valence-corrected chi connectivity index (χ4v) is 2.82. The molecule has 0 amide bonds. The molecule has 13 heavy (non-hydrogen) atoms. The summed E-state index contributed by atoms with van der Waals surface area (Å²) < 4.78 is 5.42. The first-order chi connectivity index (χ1) is 6.11. The van der Waals surface area contributed by atoms with Gasteiger partial charge < -0.3 is 9.84 Å². The number of fused-ring (bicyclic) bond motifs is 1. The minimum absolute atomic E-state index is 0.337. The molecule has 2 heteroatoms. The molecular formula is C11H18O2. The molecule has 4 atom stereocenters. The molecule has 0 spiro atoms. The van der Waals surface area contributed by atoms with Crippen LogP contribution in [-0.2, 0) is 4.74 Å². The maximum atomic E-state index is 9.78. The summed E-state index contributed by atoms with van der Waals surface area (Å²) in [6, 6.07) is 0. The molecule has 1 aliphatic carbocycles. The van der Waals surface area contributed by atoms with Crippen LogP contribution in [0.1, 0.15) is 33.6 Å². The second-order valence-electron chi connectivity index (χ2n) is 4.49. The van der Waals surface area contributed by atoms with E-state index in [0.29, 0.717) is 17.8 Å². The summed E-state index contributed by atoms with van der Waals surface area (Å²) in [5, 5.41) is 9.78. The molecule has 2 nitrogen and oxygen atoms in total. The second-order valence-corrected chi connectivity index (χ2v) is 4.49. The predicted molar refractivity (Wildman–Crippen MR) is 50.8 cm³/mol. The normalized spacial score (nSPS) is 44.6. The van der Waals surface area contributed by atoms with Crippen molar-refractivity contribution in [2.45, 2.75) is 39.9 Å². The van der Waals surface area contributed by atoms with E-state index >= 15 is 0 Å². The molecule has 1 fully saturated rings. The minimum atomic E-state index is -0.564. The van der Waals surface area contributed by atoms with Gasteiger partial charge in [-0.1, -0.05) is 6.92 Å². The fourth-order valence-electron chi connectivity index (χ4n) is 2.82. The molecule has 1 N–H and O–H groups in total. The Labute approximate surface area is 79.6 Å². The quantitative estimate of drug-likeness (QED) is 0.623. The van der Waals surface area contributed by atoms with Crippen LogP contribution in [0.25, 0.3) is 0 Å². The zero-order valence-electron chi connectivity index (χ0n) is 8.58. The van der Waals surface area contributed by atoms with Crippen molar-refractivity contribution in [3.8, 4) is 0 Å². The summed E-state index contributed by atoms with van der Waals surface area (Å²) in [7, 11) is 0. The van der Waals surface area contributed by atoms with E-state index in [1.54, 1.807) is 0 Å². The third-order valence-corrected chi connectivity index (χ3v) is 3.79. The Morgan fingerprint density at radius 3 is 2.69 bits per heavy atom. The van der Waals surface area contributed by atoms with Gasteiger partial charge in [0.2, 0.25) is 6.29 Å². The van der Waals surface area contributed by atoms with Crippen LogP contribution in [0.15, 0.2) is 11.3 Å². The van der Waals surface area contributed by atoms with Crippen molar-refractivity contribution < 1.29 is 9.84 Å². The molecule has 0 unspecified atom stereocenters. The Morgan fingerprint density at radius 1 is 1.31 bits per heavy atom. The van der Waals surface area contributed by atoms with E-state index in [-0.39, 0.29) is 0 Å². The summed E-state index contributed by atoms with van der Waals surface area (Å²) in [5.74, 6) is 2.44. The third-order valence-electron chi connectivity index (χ3n) is 3.79. The van der Waals surface area contributed by atoms with Gasteiger partial charge in [-0.25, -0.2) is 0 Å². The van der Waals surface area contributed by atoms with Crippen molar-refractivity contribution >= 4 is 0 Å². The summed E-state index contributed by atoms with van der Waals surface area (Å²) in [6.45, 7) is 6.31. The maximum absolute atomic E-state index is 9.78. The van der Waals surface area contributed by atoms with E-state index in [1.165, 1.54) is 18.4 Å². The molecule has 0 aromatic carbocycles. The minimum Gasteiger partial charge on any atom is -0.470 e. The van der Waals surface area contributed by atoms with E-state index in [9.17, 15) is 5.11 Å². The zero-order valence-corrected chi connectivity index (χ0v) is 8.58. The average Bonchev–Trinajstić information content (AvgIpc) is 2.44. The molecule has 2 rings (SSSR count). The number of ether oxygens (including phenoxy) is 1. The zero-order chi connectivity index (χ0) is 9.59. The number of aliphatic hydroxyl groups is 1. The number of hydrogen-bond donors (Lipinski definition) is 1. The van der Waals surface area contributed by atoms with E-state index < -0.39 is 6.29 Å². The lowest BCUT2D eigenvalue weighted by Gasteiger charge is -2.34. The molecule has 1 heterocycles. The van der Waals surface area contributed by atoms with Crippen LogP contribution in [0.2, 0.25) is 0 Å². The molecule has 0 radical (unpaired) electrons. The summed E-state index contributed by atoms with van der Waals surface area (Å²) in [5.41, 5.74) is 1.35. The van der Waals surface area contributed by atoms with Crippen molar-refractivity contribution in [2.75, 3.05) is 0 Å². The molecule has 0 aromatic heterocycles. The number of aliphatic hydroxyl groups excluding tert-OH is 1. The highest BCUT2D eigenvalue weighted by atomic mass is 16.6. The fraction of sp³-hybridized carbons (Fsp3) is 0.818. The van der Waals surface area contributed by atoms with Crippen molar-refractivity contribution in [1.29, 1.82) is 0 Å². The highest BCUT2D eigenvalue weighted by Crippen LogP contribution is 2.46. The molecule has 0 bridgehead atoms. The van der Waals surface area contributed by atoms with Crippen LogP contribution in [-0.4, -0.2) is 11.4 Å². The lowest BCUT2D eigenvalue weighted by molar-refractivity contribution is -0.133. The SMILES string of the molecule is CC1=C(C)[C@H]2CC[C@H](C)[C@H]2[C@H](O)O1. The van der Waals surface area contributed by atoms with Gasteiger partial charge in [-0.15, -0.1) is 0 Å². The van der Waals surface area contributed by atoms with Crippen LogP contribution in [0, 0.1) is 17.8 Å². The maximum Gasteiger partial charge on any atom is 0.200 e. The van der Waals surface area contributed by atoms with Crippen molar-refractivity contribution in [3.05, 3.63) is 11.3 Å². The Kier molecular flexibility index (Phi) is 2.11. The number of allylic oxidation sites excluding steroid dienone is 2. The standard InChI is InChI=1S/C11H18O2/c1-6-4-5-9-7(2)8(3)13-11(12)10(6)9/h6,9-12H,4-5H2,1-3H3/t6-,9+,10+,11+/m0/s1. The molecule has 2 aliphatic rings. The lowest BCUT2D eigenvalue weighted by Crippen LogP contribution is -2.34. The van der Waals surface area contributed by atoms with Gasteiger partial charge in [-0.05, 0) is 44.1 Å². The molecular weight excluding hydrogens is 164 g/mol. The summed E-state index contributed by atoms with van der Waals surface area (Å²) in [6.07, 6.45) is 1.88. The van der Waals surface area contributed by atoms with Crippen LogP contribution in [0.3, 0.4) is 0 Å². The van der Waals surface area contributed by atoms with Gasteiger partial charge in [0, 0.05) is 5.92 Å². The van der Waals surface area contributed by atoms with Gasteiger partial charge in [0.25, 0.3) is 0 Å². The van der Waals surface area contributed by atoms with Crippen LogP contribution < -0.4 is 0 Å². The smallest absolute Gasteiger partial charge is 0.200 e. The van der Waals surface area contributed by atoms with Crippen molar-refractivity contribution in [3.63, 3.8) is 0 Å². The van der Waals surface area contributed by atoms with Crippen molar-refractivity contribution in [1.82, 2.24) is 0 Å². The van der Waals surface area contributed by atoms with E-state index in [1.807, 2.05) is 6.92 Å². The van der Waals surface area contributed by atoms with E-state index in [2.05, 4.69) is 13.8 Å². The first-order valence-electron chi connectivity index (χ1n) is 5.13. The Morgan fingerprint density at radius 2 is 2.00 bits per heavy atom. The van der Waals surface area contributed by atoms with Gasteiger partial charge in [0.05, 0.1) is 5.76 Å². The first kappa shape index (κ1) is 9.07. The van der Waals surface area contributed by atoms with Crippen molar-refractivity contribution in [2.24, 2.45) is 17.8 Å². The second kappa shape index (κ2) is 3.02. The van der Waals surface area contributed by atoms with Crippen LogP contribution in [0.4, 0.5) is 0 Å². The Hall–Kier alpha value is -0.500.